The fraction of sp³-hybridized carbons (Fsp3) is 0.167. The molecule has 0 radical (unpaired) electrons. The molecule has 1 amide bonds. The molecular formula is C18H16BrN3O2S. The van der Waals surface area contributed by atoms with Crippen molar-refractivity contribution in [1.29, 1.82) is 0 Å². The molecule has 3 aromatic rings. The molecule has 0 aliphatic rings. The van der Waals surface area contributed by atoms with Crippen LogP contribution in [0.2, 0.25) is 0 Å². The average Bonchev–Trinajstić information content (AvgIpc) is 3.06. The predicted molar refractivity (Wildman–Crippen MR) is 103 cm³/mol. The highest BCUT2D eigenvalue weighted by molar-refractivity contribution is 9.10. The summed E-state index contributed by atoms with van der Waals surface area (Å²) in [6.07, 6.45) is 0. The van der Waals surface area contributed by atoms with Gasteiger partial charge in [0.25, 0.3) is 5.89 Å². The van der Waals surface area contributed by atoms with Crippen molar-refractivity contribution in [3.63, 3.8) is 0 Å². The second-order valence-corrected chi connectivity index (χ2v) is 7.33. The van der Waals surface area contributed by atoms with Crippen LogP contribution in [0.4, 0.5) is 5.69 Å². The number of rotatable bonds is 6. The van der Waals surface area contributed by atoms with Crippen LogP contribution < -0.4 is 5.32 Å². The first-order valence-corrected chi connectivity index (χ1v) is 9.58. The molecule has 0 saturated carbocycles. The molecule has 1 N–H and O–H groups in total. The maximum absolute atomic E-state index is 11.9. The topological polar surface area (TPSA) is 68.0 Å². The van der Waals surface area contributed by atoms with Crippen molar-refractivity contribution >= 4 is 39.3 Å². The summed E-state index contributed by atoms with van der Waals surface area (Å²) in [6, 6.07) is 15.4. The largest absolute Gasteiger partial charge is 0.334 e. The van der Waals surface area contributed by atoms with Crippen LogP contribution in [0.25, 0.3) is 11.5 Å². The summed E-state index contributed by atoms with van der Waals surface area (Å²) in [6.45, 7) is 2.03. The van der Waals surface area contributed by atoms with Gasteiger partial charge in [-0.2, -0.15) is 4.98 Å². The van der Waals surface area contributed by atoms with Crippen LogP contribution in [0.3, 0.4) is 0 Å². The van der Waals surface area contributed by atoms with Crippen molar-refractivity contribution in [3.05, 3.63) is 64.4 Å². The van der Waals surface area contributed by atoms with E-state index in [9.17, 15) is 4.79 Å². The van der Waals surface area contributed by atoms with E-state index in [2.05, 4.69) is 31.4 Å². The molecule has 0 unspecified atom stereocenters. The number of carbonyl (C=O) groups is 1. The number of hydrogen-bond donors (Lipinski definition) is 1. The highest BCUT2D eigenvalue weighted by atomic mass is 79.9. The lowest BCUT2D eigenvalue weighted by Gasteiger charge is -2.04. The minimum absolute atomic E-state index is 0.0606. The maximum atomic E-state index is 11.9. The van der Waals surface area contributed by atoms with E-state index >= 15 is 0 Å². The number of carbonyl (C=O) groups excluding carboxylic acids is 1. The van der Waals surface area contributed by atoms with E-state index in [-0.39, 0.29) is 5.91 Å². The van der Waals surface area contributed by atoms with Gasteiger partial charge in [-0.25, -0.2) is 0 Å². The van der Waals surface area contributed by atoms with Crippen molar-refractivity contribution in [2.45, 2.75) is 12.7 Å². The number of aryl methyl sites for hydroxylation is 1. The number of halogens is 1. The van der Waals surface area contributed by atoms with Crippen molar-refractivity contribution < 1.29 is 9.32 Å². The van der Waals surface area contributed by atoms with Gasteiger partial charge in [-0.3, -0.25) is 4.79 Å². The Bertz CT molecular complexity index is 848. The molecule has 0 aliphatic carbocycles. The van der Waals surface area contributed by atoms with E-state index < -0.39 is 0 Å². The van der Waals surface area contributed by atoms with Crippen molar-refractivity contribution in [2.75, 3.05) is 11.1 Å². The van der Waals surface area contributed by atoms with Gasteiger partial charge in [-0.15, -0.1) is 11.8 Å². The average molecular weight is 418 g/mol. The maximum Gasteiger partial charge on any atom is 0.257 e. The van der Waals surface area contributed by atoms with E-state index in [4.69, 9.17) is 4.52 Å². The van der Waals surface area contributed by atoms with Gasteiger partial charge >= 0.3 is 0 Å². The van der Waals surface area contributed by atoms with Crippen LogP contribution in [0.5, 0.6) is 0 Å². The van der Waals surface area contributed by atoms with Crippen molar-refractivity contribution in [1.82, 2.24) is 10.1 Å². The highest BCUT2D eigenvalue weighted by Gasteiger charge is 2.10. The molecule has 0 aliphatic heterocycles. The van der Waals surface area contributed by atoms with Gasteiger partial charge in [0.05, 0.1) is 11.5 Å². The Labute approximate surface area is 158 Å². The number of nitrogens with zero attached hydrogens (tertiary/aromatic N) is 2. The minimum atomic E-state index is -0.0606. The molecule has 0 atom stereocenters. The van der Waals surface area contributed by atoms with E-state index in [1.165, 1.54) is 17.3 Å². The summed E-state index contributed by atoms with van der Waals surface area (Å²) in [5.74, 6) is 1.86. The minimum Gasteiger partial charge on any atom is -0.334 e. The number of nitrogens with one attached hydrogen (secondary N) is 1. The smallest absolute Gasteiger partial charge is 0.257 e. The molecule has 0 fully saturated rings. The van der Waals surface area contributed by atoms with Gasteiger partial charge in [0.2, 0.25) is 5.91 Å². The molecule has 25 heavy (non-hydrogen) atoms. The van der Waals surface area contributed by atoms with Gasteiger partial charge < -0.3 is 9.84 Å². The summed E-state index contributed by atoms with van der Waals surface area (Å²) in [5, 5.41) is 6.81. The van der Waals surface area contributed by atoms with Crippen LogP contribution in [0.1, 0.15) is 11.4 Å². The van der Waals surface area contributed by atoms with E-state index in [1.54, 1.807) is 0 Å². The van der Waals surface area contributed by atoms with Gasteiger partial charge in [-0.05, 0) is 43.3 Å². The van der Waals surface area contributed by atoms with E-state index in [0.717, 1.165) is 15.7 Å². The van der Waals surface area contributed by atoms with Gasteiger partial charge in [0, 0.05) is 15.7 Å². The number of hydrogen-bond acceptors (Lipinski definition) is 5. The molecule has 3 rings (SSSR count). The Morgan fingerprint density at radius 1 is 1.16 bits per heavy atom. The van der Waals surface area contributed by atoms with Crippen LogP contribution in [-0.4, -0.2) is 21.8 Å². The fourth-order valence-corrected chi connectivity index (χ4v) is 3.02. The second kappa shape index (κ2) is 8.31. The zero-order valence-electron chi connectivity index (χ0n) is 13.5. The molecule has 128 valence electrons. The number of benzene rings is 2. The Morgan fingerprint density at radius 2 is 1.88 bits per heavy atom. The summed E-state index contributed by atoms with van der Waals surface area (Å²) in [5.41, 5.74) is 2.84. The molecule has 1 aromatic heterocycles. The number of thioether (sulfide) groups is 1. The summed E-state index contributed by atoms with van der Waals surface area (Å²) in [7, 11) is 0. The van der Waals surface area contributed by atoms with Gasteiger partial charge in [-0.1, -0.05) is 38.8 Å². The van der Waals surface area contributed by atoms with Crippen LogP contribution in [0.15, 0.2) is 57.5 Å². The second-order valence-electron chi connectivity index (χ2n) is 5.43. The Kier molecular flexibility index (Phi) is 5.88. The van der Waals surface area contributed by atoms with Crippen LogP contribution in [-0.2, 0) is 10.5 Å². The molecule has 5 nitrogen and oxygen atoms in total. The fourth-order valence-electron chi connectivity index (χ4n) is 2.09. The molecule has 1 heterocycles. The molecule has 0 saturated heterocycles. The number of amides is 1. The monoisotopic (exact) mass is 417 g/mol. The highest BCUT2D eigenvalue weighted by Crippen LogP contribution is 2.19. The van der Waals surface area contributed by atoms with Crippen LogP contribution in [0, 0.1) is 6.92 Å². The standard InChI is InChI=1S/C18H16BrN3O2S/c1-12-2-4-13(5-3-12)18-21-16(22-24-18)10-25-11-17(23)20-15-8-6-14(19)7-9-15/h2-9H,10-11H2,1H3,(H,20,23). The Balaban J connectivity index is 1.48. The van der Waals surface area contributed by atoms with Crippen LogP contribution >= 0.6 is 27.7 Å². The lowest BCUT2D eigenvalue weighted by Crippen LogP contribution is -2.14. The Hall–Kier alpha value is -2.12. The summed E-state index contributed by atoms with van der Waals surface area (Å²) in [4.78, 5) is 16.3. The van der Waals surface area contributed by atoms with Gasteiger partial charge in [0.1, 0.15) is 0 Å². The third-order valence-corrected chi connectivity index (χ3v) is 4.82. The van der Waals surface area contributed by atoms with Gasteiger partial charge in [0.15, 0.2) is 5.82 Å². The van der Waals surface area contributed by atoms with Crippen molar-refractivity contribution in [2.24, 2.45) is 0 Å². The van der Waals surface area contributed by atoms with Crippen molar-refractivity contribution in [3.8, 4) is 11.5 Å². The van der Waals surface area contributed by atoms with E-state index in [0.29, 0.717) is 23.2 Å². The third-order valence-electron chi connectivity index (χ3n) is 3.36. The molecular weight excluding hydrogens is 402 g/mol. The summed E-state index contributed by atoms with van der Waals surface area (Å²) >= 11 is 4.80. The predicted octanol–water partition coefficient (Wildman–Crippen LogP) is 4.68. The zero-order chi connectivity index (χ0) is 17.6. The molecule has 7 heteroatoms. The third kappa shape index (κ3) is 5.17. The Morgan fingerprint density at radius 3 is 2.60 bits per heavy atom. The van der Waals surface area contributed by atoms with E-state index in [1.807, 2.05) is 55.5 Å². The molecule has 0 spiro atoms. The SMILES string of the molecule is Cc1ccc(-c2nc(CSCC(=O)Nc3ccc(Br)cc3)no2)cc1. The first kappa shape index (κ1) is 17.7. The quantitative estimate of drug-likeness (QED) is 0.630. The molecule has 2 aromatic carbocycles. The number of aromatic nitrogens is 2. The lowest BCUT2D eigenvalue weighted by molar-refractivity contribution is -0.113. The first-order valence-electron chi connectivity index (χ1n) is 7.63. The summed E-state index contributed by atoms with van der Waals surface area (Å²) < 4.78 is 6.25. The normalized spacial score (nSPS) is 10.6. The number of anilines is 1. The molecule has 0 bridgehead atoms. The first-order chi connectivity index (χ1) is 12.1. The lowest BCUT2D eigenvalue weighted by atomic mass is 10.1. The zero-order valence-corrected chi connectivity index (χ0v) is 15.9.